The third-order valence-electron chi connectivity index (χ3n) is 4.29. The second-order valence-electron chi connectivity index (χ2n) is 5.60. The van der Waals surface area contributed by atoms with Gasteiger partial charge in [0.15, 0.2) is 0 Å². The maximum absolute atomic E-state index is 14.2. The number of piperidine rings is 1. The van der Waals surface area contributed by atoms with Crippen LogP contribution in [0.2, 0.25) is 0 Å². The number of alkyl halides is 2. The molecular formula is C12H22F2N2. The predicted molar refractivity (Wildman–Crippen MR) is 60.8 cm³/mol. The topological polar surface area (TPSA) is 6.48 Å². The van der Waals surface area contributed by atoms with Crippen LogP contribution in [0.3, 0.4) is 0 Å². The zero-order chi connectivity index (χ0) is 12.0. The molecule has 2 aliphatic heterocycles. The third kappa shape index (κ3) is 1.76. The molecule has 94 valence electrons. The smallest absolute Gasteiger partial charge is 0.268 e. The SMILES string of the molecule is CCN1CC2(CCN(C(C)C)CC2(F)F)C1. The zero-order valence-electron chi connectivity index (χ0n) is 10.5. The number of nitrogens with zero attached hydrogens (tertiary/aromatic N) is 2. The molecule has 4 heteroatoms. The first-order valence-electron chi connectivity index (χ1n) is 6.24. The molecule has 2 fully saturated rings. The third-order valence-corrected chi connectivity index (χ3v) is 4.29. The first-order valence-corrected chi connectivity index (χ1v) is 6.24. The van der Waals surface area contributed by atoms with Gasteiger partial charge in [0.2, 0.25) is 0 Å². The number of rotatable bonds is 2. The minimum atomic E-state index is -2.51. The highest BCUT2D eigenvalue weighted by atomic mass is 19.3. The molecule has 2 saturated heterocycles. The van der Waals surface area contributed by atoms with E-state index in [0.29, 0.717) is 19.5 Å². The van der Waals surface area contributed by atoms with Crippen molar-refractivity contribution >= 4 is 0 Å². The van der Waals surface area contributed by atoms with Crippen LogP contribution in [-0.4, -0.2) is 54.5 Å². The average molecular weight is 232 g/mol. The van der Waals surface area contributed by atoms with E-state index < -0.39 is 11.3 Å². The Bertz CT molecular complexity index is 260. The first kappa shape index (κ1) is 12.2. The Hall–Kier alpha value is -0.220. The van der Waals surface area contributed by atoms with Gasteiger partial charge in [0, 0.05) is 19.1 Å². The summed E-state index contributed by atoms with van der Waals surface area (Å²) < 4.78 is 28.3. The number of hydrogen-bond donors (Lipinski definition) is 0. The fourth-order valence-electron chi connectivity index (χ4n) is 2.91. The van der Waals surface area contributed by atoms with E-state index in [1.807, 2.05) is 25.7 Å². The molecule has 0 aromatic carbocycles. The van der Waals surface area contributed by atoms with Crippen molar-refractivity contribution in [3.63, 3.8) is 0 Å². The van der Waals surface area contributed by atoms with Crippen molar-refractivity contribution in [1.82, 2.24) is 9.80 Å². The summed E-state index contributed by atoms with van der Waals surface area (Å²) in [7, 11) is 0. The minimum absolute atomic E-state index is 0.0534. The molecule has 0 aromatic rings. The molecule has 1 spiro atoms. The largest absolute Gasteiger partial charge is 0.302 e. The standard InChI is InChI=1S/C12H22F2N2/c1-4-15-7-11(8-15)5-6-16(10(2)3)9-12(11,13)14/h10H,4-9H2,1-3H3. The van der Waals surface area contributed by atoms with E-state index in [2.05, 4.69) is 4.90 Å². The van der Waals surface area contributed by atoms with E-state index in [-0.39, 0.29) is 12.6 Å². The summed E-state index contributed by atoms with van der Waals surface area (Å²) in [6, 6.07) is 0.227. The Labute approximate surface area is 96.6 Å². The lowest BCUT2D eigenvalue weighted by Gasteiger charge is -2.58. The molecule has 16 heavy (non-hydrogen) atoms. The molecule has 2 rings (SSSR count). The zero-order valence-corrected chi connectivity index (χ0v) is 10.5. The molecule has 0 bridgehead atoms. The van der Waals surface area contributed by atoms with E-state index in [4.69, 9.17) is 0 Å². The van der Waals surface area contributed by atoms with Gasteiger partial charge < -0.3 is 4.90 Å². The van der Waals surface area contributed by atoms with Crippen LogP contribution in [0.15, 0.2) is 0 Å². The summed E-state index contributed by atoms with van der Waals surface area (Å²) in [5, 5.41) is 0. The highest BCUT2D eigenvalue weighted by Crippen LogP contribution is 2.50. The van der Waals surface area contributed by atoms with Gasteiger partial charge in [-0.2, -0.15) is 0 Å². The van der Waals surface area contributed by atoms with Crippen LogP contribution in [0.5, 0.6) is 0 Å². The summed E-state index contributed by atoms with van der Waals surface area (Å²) >= 11 is 0. The fourth-order valence-corrected chi connectivity index (χ4v) is 2.91. The van der Waals surface area contributed by atoms with Crippen molar-refractivity contribution in [1.29, 1.82) is 0 Å². The van der Waals surface area contributed by atoms with Crippen molar-refractivity contribution in [3.8, 4) is 0 Å². The molecule has 0 atom stereocenters. The van der Waals surface area contributed by atoms with Gasteiger partial charge in [-0.15, -0.1) is 0 Å². The van der Waals surface area contributed by atoms with Gasteiger partial charge in [0.1, 0.15) is 0 Å². The lowest BCUT2D eigenvalue weighted by molar-refractivity contribution is -0.226. The molecule has 0 aromatic heterocycles. The average Bonchev–Trinajstić information content (AvgIpc) is 2.13. The van der Waals surface area contributed by atoms with Crippen LogP contribution in [0.25, 0.3) is 0 Å². The molecular weight excluding hydrogens is 210 g/mol. The normalized spacial score (nSPS) is 29.6. The Morgan fingerprint density at radius 3 is 2.25 bits per heavy atom. The maximum atomic E-state index is 14.2. The number of likely N-dealkylation sites (tertiary alicyclic amines) is 2. The van der Waals surface area contributed by atoms with Crippen LogP contribution < -0.4 is 0 Å². The summed E-state index contributed by atoms with van der Waals surface area (Å²) in [5.41, 5.74) is -0.714. The molecule has 2 aliphatic rings. The maximum Gasteiger partial charge on any atom is 0.268 e. The highest BCUT2D eigenvalue weighted by Gasteiger charge is 2.62. The monoisotopic (exact) mass is 232 g/mol. The van der Waals surface area contributed by atoms with Gasteiger partial charge >= 0.3 is 0 Å². The number of halogens is 2. The summed E-state index contributed by atoms with van der Waals surface area (Å²) in [4.78, 5) is 4.01. The Morgan fingerprint density at radius 2 is 1.81 bits per heavy atom. The Balaban J connectivity index is 2.03. The first-order chi connectivity index (χ1) is 7.40. The Morgan fingerprint density at radius 1 is 1.19 bits per heavy atom. The quantitative estimate of drug-likeness (QED) is 0.719. The van der Waals surface area contributed by atoms with Gasteiger partial charge in [0.25, 0.3) is 5.92 Å². The van der Waals surface area contributed by atoms with Gasteiger partial charge in [-0.3, -0.25) is 4.90 Å². The van der Waals surface area contributed by atoms with E-state index >= 15 is 0 Å². The Kier molecular flexibility index (Phi) is 2.99. The van der Waals surface area contributed by atoms with E-state index in [1.54, 1.807) is 0 Å². The van der Waals surface area contributed by atoms with E-state index in [0.717, 1.165) is 13.1 Å². The second kappa shape index (κ2) is 3.91. The lowest BCUT2D eigenvalue weighted by atomic mass is 9.69. The summed E-state index contributed by atoms with van der Waals surface area (Å²) in [6.07, 6.45) is 0.648. The van der Waals surface area contributed by atoms with Crippen molar-refractivity contribution in [2.24, 2.45) is 5.41 Å². The van der Waals surface area contributed by atoms with Gasteiger partial charge in [-0.05, 0) is 33.4 Å². The molecule has 0 unspecified atom stereocenters. The van der Waals surface area contributed by atoms with Crippen LogP contribution in [0, 0.1) is 5.41 Å². The van der Waals surface area contributed by atoms with E-state index in [9.17, 15) is 8.78 Å². The van der Waals surface area contributed by atoms with E-state index in [1.165, 1.54) is 0 Å². The molecule has 2 heterocycles. The molecule has 0 aliphatic carbocycles. The predicted octanol–water partition coefficient (Wildman–Crippen LogP) is 2.06. The molecule has 0 N–H and O–H groups in total. The second-order valence-corrected chi connectivity index (χ2v) is 5.60. The van der Waals surface area contributed by atoms with Crippen LogP contribution in [0.4, 0.5) is 8.78 Å². The lowest BCUT2D eigenvalue weighted by Crippen LogP contribution is -2.70. The van der Waals surface area contributed by atoms with Crippen molar-refractivity contribution in [3.05, 3.63) is 0 Å². The van der Waals surface area contributed by atoms with Crippen molar-refractivity contribution in [2.75, 3.05) is 32.7 Å². The molecule has 0 radical (unpaired) electrons. The highest BCUT2D eigenvalue weighted by molar-refractivity contribution is 5.07. The molecule has 0 amide bonds. The van der Waals surface area contributed by atoms with Gasteiger partial charge in [-0.25, -0.2) is 8.78 Å². The fraction of sp³-hybridized carbons (Fsp3) is 1.00. The molecule has 2 nitrogen and oxygen atoms in total. The van der Waals surface area contributed by atoms with Crippen molar-refractivity contribution < 1.29 is 8.78 Å². The summed E-state index contributed by atoms with van der Waals surface area (Å²) in [5.74, 6) is -2.51. The molecule has 0 saturated carbocycles. The number of hydrogen-bond acceptors (Lipinski definition) is 2. The van der Waals surface area contributed by atoms with Crippen LogP contribution in [0.1, 0.15) is 27.2 Å². The van der Waals surface area contributed by atoms with Gasteiger partial charge in [0.05, 0.1) is 12.0 Å². The minimum Gasteiger partial charge on any atom is -0.302 e. The van der Waals surface area contributed by atoms with Crippen LogP contribution >= 0.6 is 0 Å². The summed E-state index contributed by atoms with van der Waals surface area (Å²) in [6.45, 7) is 8.86. The van der Waals surface area contributed by atoms with Crippen LogP contribution in [-0.2, 0) is 0 Å². The van der Waals surface area contributed by atoms with Crippen molar-refractivity contribution in [2.45, 2.75) is 39.2 Å². The van der Waals surface area contributed by atoms with Gasteiger partial charge in [-0.1, -0.05) is 6.92 Å².